The number of rotatable bonds is 8. The number of hydrogen-bond donors (Lipinski definition) is 5. The van der Waals surface area contributed by atoms with Gasteiger partial charge in [0.25, 0.3) is 0 Å². The summed E-state index contributed by atoms with van der Waals surface area (Å²) >= 11 is 0. The summed E-state index contributed by atoms with van der Waals surface area (Å²) in [5.74, 6) is 2.46. The molecular formula is C41H44N10O2. The Hall–Kier alpha value is -5.98. The number of imidazole rings is 2. The van der Waals surface area contributed by atoms with E-state index in [0.29, 0.717) is 29.8 Å². The summed E-state index contributed by atoms with van der Waals surface area (Å²) in [5, 5.41) is 35.6. The van der Waals surface area contributed by atoms with E-state index in [0.717, 1.165) is 107 Å². The van der Waals surface area contributed by atoms with Crippen molar-refractivity contribution in [3.63, 3.8) is 0 Å². The van der Waals surface area contributed by atoms with Crippen LogP contribution >= 0.6 is 0 Å². The van der Waals surface area contributed by atoms with E-state index in [1.165, 1.54) is 5.56 Å². The van der Waals surface area contributed by atoms with Crippen molar-refractivity contribution < 1.29 is 10.4 Å². The van der Waals surface area contributed by atoms with Crippen LogP contribution in [0.15, 0.2) is 116 Å². The number of nitrogens with one attached hydrogen (secondary N) is 3. The Balaban J connectivity index is 0.000000156. The van der Waals surface area contributed by atoms with Gasteiger partial charge in [-0.05, 0) is 69.3 Å². The van der Waals surface area contributed by atoms with Gasteiger partial charge in [-0.25, -0.2) is 9.97 Å². The molecule has 9 rings (SSSR count). The van der Waals surface area contributed by atoms with Crippen molar-refractivity contribution in [2.75, 3.05) is 26.2 Å². The van der Waals surface area contributed by atoms with Crippen molar-refractivity contribution in [3.8, 4) is 45.6 Å². The van der Waals surface area contributed by atoms with Crippen molar-refractivity contribution in [1.29, 1.82) is 0 Å². The van der Waals surface area contributed by atoms with E-state index in [9.17, 15) is 10.4 Å². The molecule has 5 N–H and O–H groups in total. The molecule has 2 aliphatic rings. The molecule has 0 bridgehead atoms. The van der Waals surface area contributed by atoms with Gasteiger partial charge >= 0.3 is 0 Å². The lowest BCUT2D eigenvalue weighted by Crippen LogP contribution is -2.26. The maximum absolute atomic E-state index is 10.5. The molecule has 4 aromatic heterocycles. The number of H-pyrrole nitrogens is 1. The van der Waals surface area contributed by atoms with Gasteiger partial charge in [-0.15, -0.1) is 10.2 Å². The van der Waals surface area contributed by atoms with Crippen molar-refractivity contribution >= 4 is 0 Å². The van der Waals surface area contributed by atoms with Crippen LogP contribution in [-0.4, -0.2) is 76.0 Å². The second-order valence-corrected chi connectivity index (χ2v) is 13.7. The number of benzene rings is 3. The summed E-state index contributed by atoms with van der Waals surface area (Å²) in [6.45, 7) is 4.68. The van der Waals surface area contributed by atoms with E-state index < -0.39 is 0 Å². The molecule has 0 amide bonds. The maximum Gasteiger partial charge on any atom is 0.141 e. The zero-order valence-corrected chi connectivity index (χ0v) is 29.5. The standard InChI is InChI=1S/C24H25N5O.C17H19N5O/c30-29-23(21(15-26-29)19-11-13-25-14-12-19)22-17-28(16-18-7-3-1-4-8-18)24(27-22)20-9-5-2-6-10-20;23-22-16(14(10-20-22)12-6-8-18-9-7-12)15-11-19-17(21-15)13-4-2-1-3-5-13/h1-10,15,17,19,25,30H,11-14,16H2;1-5,10-12,18,23H,6-9H2,(H,19,21). The van der Waals surface area contributed by atoms with E-state index in [-0.39, 0.29) is 0 Å². The summed E-state index contributed by atoms with van der Waals surface area (Å²) in [6.07, 6.45) is 11.5. The van der Waals surface area contributed by atoms with Crippen LogP contribution in [0.2, 0.25) is 0 Å². The van der Waals surface area contributed by atoms with Crippen molar-refractivity contribution in [1.82, 2.24) is 50.0 Å². The van der Waals surface area contributed by atoms with E-state index in [1.807, 2.05) is 72.9 Å². The summed E-state index contributed by atoms with van der Waals surface area (Å²) < 4.78 is 2.15. The van der Waals surface area contributed by atoms with Crippen LogP contribution in [0.5, 0.6) is 0 Å². The minimum atomic E-state index is 0.376. The van der Waals surface area contributed by atoms with Crippen molar-refractivity contribution in [2.45, 2.75) is 44.1 Å². The smallest absolute Gasteiger partial charge is 0.141 e. The van der Waals surface area contributed by atoms with Crippen molar-refractivity contribution in [2.24, 2.45) is 0 Å². The molecule has 0 atom stereocenters. The first-order chi connectivity index (χ1) is 26.1. The number of aromatic amines is 1. The molecule has 0 unspecified atom stereocenters. The van der Waals surface area contributed by atoms with Gasteiger partial charge in [0.15, 0.2) is 0 Å². The molecule has 0 radical (unpaired) electrons. The van der Waals surface area contributed by atoms with Gasteiger partial charge in [-0.1, -0.05) is 101 Å². The van der Waals surface area contributed by atoms with Crippen LogP contribution in [0.3, 0.4) is 0 Å². The van der Waals surface area contributed by atoms with Gasteiger partial charge in [0.2, 0.25) is 0 Å². The highest BCUT2D eigenvalue weighted by molar-refractivity contribution is 5.66. The third-order valence-corrected chi connectivity index (χ3v) is 10.2. The third kappa shape index (κ3) is 7.50. The molecule has 2 fully saturated rings. The molecule has 0 saturated carbocycles. The molecule has 12 heteroatoms. The Morgan fingerprint density at radius 3 is 1.75 bits per heavy atom. The zero-order valence-electron chi connectivity index (χ0n) is 29.5. The Morgan fingerprint density at radius 1 is 0.623 bits per heavy atom. The van der Waals surface area contributed by atoms with E-state index in [1.54, 1.807) is 18.6 Å². The predicted molar refractivity (Wildman–Crippen MR) is 204 cm³/mol. The summed E-state index contributed by atoms with van der Waals surface area (Å²) in [5.41, 5.74) is 8.38. The summed E-state index contributed by atoms with van der Waals surface area (Å²) in [7, 11) is 0. The SMILES string of the molecule is On1ncc(C2CCNCC2)c1-c1cn(Cc2ccccc2)c(-c2ccccc2)n1.On1ncc(C2CCNCC2)c1-c1cnc(-c2ccccc2)[nH]1. The lowest BCUT2D eigenvalue weighted by Gasteiger charge is -2.22. The first-order valence-electron chi connectivity index (χ1n) is 18.4. The number of aromatic nitrogens is 8. The normalized spacial score (nSPS) is 15.2. The van der Waals surface area contributed by atoms with Crippen molar-refractivity contribution in [3.05, 3.63) is 132 Å². The fourth-order valence-electron chi connectivity index (χ4n) is 7.51. The molecule has 2 saturated heterocycles. The Bertz CT molecular complexity index is 2210. The lowest BCUT2D eigenvalue weighted by molar-refractivity contribution is 0.152. The highest BCUT2D eigenvalue weighted by Crippen LogP contribution is 2.36. The molecule has 3 aromatic carbocycles. The van der Waals surface area contributed by atoms with Gasteiger partial charge in [0, 0.05) is 35.0 Å². The molecule has 12 nitrogen and oxygen atoms in total. The lowest BCUT2D eigenvalue weighted by atomic mass is 9.90. The third-order valence-electron chi connectivity index (χ3n) is 10.2. The largest absolute Gasteiger partial charge is 0.411 e. The maximum atomic E-state index is 10.5. The van der Waals surface area contributed by atoms with Gasteiger partial charge in [0.05, 0.1) is 24.3 Å². The number of nitrogens with zero attached hydrogens (tertiary/aromatic N) is 7. The second kappa shape index (κ2) is 15.7. The van der Waals surface area contributed by atoms with E-state index in [4.69, 9.17) is 4.98 Å². The minimum absolute atomic E-state index is 0.376. The van der Waals surface area contributed by atoms with E-state index >= 15 is 0 Å². The van der Waals surface area contributed by atoms with Crippen LogP contribution in [-0.2, 0) is 6.54 Å². The molecule has 270 valence electrons. The van der Waals surface area contributed by atoms with Crippen LogP contribution in [0, 0.1) is 0 Å². The number of hydrogen-bond acceptors (Lipinski definition) is 8. The minimum Gasteiger partial charge on any atom is -0.411 e. The van der Waals surface area contributed by atoms with Gasteiger partial charge in [-0.3, -0.25) is 0 Å². The predicted octanol–water partition coefficient (Wildman–Crippen LogP) is 6.81. The molecule has 0 aliphatic carbocycles. The Kier molecular flexibility index (Phi) is 10.1. The molecular weight excluding hydrogens is 665 g/mol. The summed E-state index contributed by atoms with van der Waals surface area (Å²) in [4.78, 5) is 14.7. The summed E-state index contributed by atoms with van der Waals surface area (Å²) in [6, 6.07) is 30.5. The Labute approximate surface area is 308 Å². The first kappa shape index (κ1) is 34.1. The Morgan fingerprint density at radius 2 is 1.15 bits per heavy atom. The van der Waals surface area contributed by atoms with E-state index in [2.05, 4.69) is 59.6 Å². The highest BCUT2D eigenvalue weighted by Gasteiger charge is 2.26. The molecule has 53 heavy (non-hydrogen) atoms. The molecule has 2 aliphatic heterocycles. The quantitative estimate of drug-likeness (QED) is 0.108. The number of piperidine rings is 2. The topological polar surface area (TPSA) is 147 Å². The molecule has 6 heterocycles. The fourth-order valence-corrected chi connectivity index (χ4v) is 7.51. The average Bonchev–Trinajstić information content (AvgIpc) is 4.03. The molecule has 7 aromatic rings. The second-order valence-electron chi connectivity index (χ2n) is 13.7. The molecule has 0 spiro atoms. The van der Waals surface area contributed by atoms with Crippen LogP contribution < -0.4 is 10.6 Å². The van der Waals surface area contributed by atoms with Gasteiger partial charge in [0.1, 0.15) is 28.7 Å². The van der Waals surface area contributed by atoms with Crippen LogP contribution in [0.4, 0.5) is 0 Å². The van der Waals surface area contributed by atoms with Crippen LogP contribution in [0.25, 0.3) is 45.6 Å². The highest BCUT2D eigenvalue weighted by atomic mass is 16.5. The average molecular weight is 709 g/mol. The monoisotopic (exact) mass is 708 g/mol. The van der Waals surface area contributed by atoms with Gasteiger partial charge in [-0.2, -0.15) is 0 Å². The van der Waals surface area contributed by atoms with Crippen LogP contribution in [0.1, 0.15) is 54.2 Å². The van der Waals surface area contributed by atoms with Gasteiger partial charge < -0.3 is 30.6 Å². The zero-order chi connectivity index (χ0) is 36.0. The fraction of sp³-hybridized carbons (Fsp3) is 0.268. The first-order valence-corrected chi connectivity index (χ1v) is 18.4.